The van der Waals surface area contributed by atoms with Crippen LogP contribution in [0.15, 0.2) is 40.2 Å². The third kappa shape index (κ3) is 3.58. The Hall–Kier alpha value is -0.640. The van der Waals surface area contributed by atoms with Gasteiger partial charge in [0.25, 0.3) is 0 Å². The lowest BCUT2D eigenvalue weighted by Gasteiger charge is -2.25. The lowest BCUT2D eigenvalue weighted by Crippen LogP contribution is -2.36. The fourth-order valence-electron chi connectivity index (χ4n) is 3.37. The lowest BCUT2D eigenvalue weighted by atomic mass is 9.90. The van der Waals surface area contributed by atoms with Crippen LogP contribution in [0.4, 0.5) is 0 Å². The van der Waals surface area contributed by atoms with Crippen LogP contribution in [0.5, 0.6) is 0 Å². The van der Waals surface area contributed by atoms with Crippen molar-refractivity contribution in [3.05, 3.63) is 56.2 Å². The molecule has 0 bridgehead atoms. The maximum Gasteiger partial charge on any atom is 0.0701 e. The van der Waals surface area contributed by atoms with E-state index in [2.05, 4.69) is 64.6 Å². The predicted octanol–water partition coefficient (Wildman–Crippen LogP) is 5.15. The molecule has 3 heteroatoms. The molecule has 2 atom stereocenters. The summed E-state index contributed by atoms with van der Waals surface area (Å²) in [5.74, 6) is 0.661. The second-order valence-corrected chi connectivity index (χ2v) is 8.36. The van der Waals surface area contributed by atoms with Gasteiger partial charge in [0.1, 0.15) is 0 Å². The summed E-state index contributed by atoms with van der Waals surface area (Å²) in [5, 5.41) is 3.80. The molecule has 0 saturated heterocycles. The number of hydrogen-bond acceptors (Lipinski definition) is 2. The van der Waals surface area contributed by atoms with Gasteiger partial charge in [-0.25, -0.2) is 0 Å². The molecule has 1 N–H and O–H groups in total. The Morgan fingerprint density at radius 1 is 1.29 bits per heavy atom. The van der Waals surface area contributed by atoms with Crippen molar-refractivity contribution >= 4 is 27.3 Å². The molecule has 3 rings (SSSR count). The molecule has 0 radical (unpaired) electrons. The summed E-state index contributed by atoms with van der Waals surface area (Å²) >= 11 is 5.45. The molecule has 1 heterocycles. The number of benzene rings is 1. The van der Waals surface area contributed by atoms with Gasteiger partial charge >= 0.3 is 0 Å². The van der Waals surface area contributed by atoms with E-state index in [1.165, 1.54) is 27.9 Å². The molecule has 112 valence electrons. The van der Waals surface area contributed by atoms with Crippen molar-refractivity contribution in [2.24, 2.45) is 0 Å². The molecule has 0 saturated carbocycles. The standard InChI is InChI=1S/C18H22BrNS/c1-2-11-20-17(12-14-8-10-18(19)21-14)16-9-7-13-5-3-4-6-15(13)16/h3-6,8,10,16-17,20H,2,7,9,11-12H2,1H3. The molecule has 0 amide bonds. The van der Waals surface area contributed by atoms with Gasteiger partial charge in [0.15, 0.2) is 0 Å². The maximum absolute atomic E-state index is 3.80. The normalized spacial score (nSPS) is 18.7. The number of hydrogen-bond donors (Lipinski definition) is 1. The smallest absolute Gasteiger partial charge is 0.0701 e. The largest absolute Gasteiger partial charge is 0.313 e. The van der Waals surface area contributed by atoms with Gasteiger partial charge in [-0.3, -0.25) is 0 Å². The molecule has 21 heavy (non-hydrogen) atoms. The van der Waals surface area contributed by atoms with Crippen molar-refractivity contribution in [2.75, 3.05) is 6.54 Å². The highest BCUT2D eigenvalue weighted by Gasteiger charge is 2.29. The van der Waals surface area contributed by atoms with Crippen LogP contribution in [-0.4, -0.2) is 12.6 Å². The first-order valence-electron chi connectivity index (χ1n) is 7.83. The summed E-state index contributed by atoms with van der Waals surface area (Å²) in [6.45, 7) is 3.35. The van der Waals surface area contributed by atoms with Crippen molar-refractivity contribution in [1.29, 1.82) is 0 Å². The van der Waals surface area contributed by atoms with Gasteiger partial charge in [0.2, 0.25) is 0 Å². The fourth-order valence-corrected chi connectivity index (χ4v) is 4.91. The monoisotopic (exact) mass is 363 g/mol. The van der Waals surface area contributed by atoms with Crippen LogP contribution in [0.2, 0.25) is 0 Å². The van der Waals surface area contributed by atoms with E-state index in [4.69, 9.17) is 0 Å². The molecule has 1 aromatic carbocycles. The number of fused-ring (bicyclic) bond motifs is 1. The van der Waals surface area contributed by atoms with Gasteiger partial charge in [-0.1, -0.05) is 31.2 Å². The summed E-state index contributed by atoms with van der Waals surface area (Å²) in [4.78, 5) is 1.47. The van der Waals surface area contributed by atoms with Crippen LogP contribution in [-0.2, 0) is 12.8 Å². The number of thiophene rings is 1. The van der Waals surface area contributed by atoms with E-state index in [1.54, 1.807) is 11.1 Å². The first-order chi connectivity index (χ1) is 10.3. The van der Waals surface area contributed by atoms with Gasteiger partial charge in [-0.05, 0) is 71.4 Å². The van der Waals surface area contributed by atoms with Gasteiger partial charge in [0.05, 0.1) is 3.79 Å². The molecular weight excluding hydrogens is 342 g/mol. The van der Waals surface area contributed by atoms with E-state index in [0.29, 0.717) is 12.0 Å². The molecule has 1 aliphatic carbocycles. The average molecular weight is 364 g/mol. The topological polar surface area (TPSA) is 12.0 Å². The molecule has 2 unspecified atom stereocenters. The number of aryl methyl sites for hydroxylation is 1. The van der Waals surface area contributed by atoms with E-state index < -0.39 is 0 Å². The number of rotatable bonds is 6. The Kier molecular flexibility index (Phi) is 5.15. The second kappa shape index (κ2) is 7.08. The molecule has 0 fully saturated rings. The summed E-state index contributed by atoms with van der Waals surface area (Å²) in [5.41, 5.74) is 3.12. The van der Waals surface area contributed by atoms with Crippen molar-refractivity contribution in [3.8, 4) is 0 Å². The van der Waals surface area contributed by atoms with Crippen LogP contribution in [0, 0.1) is 0 Å². The van der Waals surface area contributed by atoms with Crippen molar-refractivity contribution in [2.45, 2.75) is 44.6 Å². The minimum atomic E-state index is 0.555. The Labute approximate surface area is 139 Å². The van der Waals surface area contributed by atoms with E-state index in [-0.39, 0.29) is 0 Å². The Morgan fingerprint density at radius 3 is 2.90 bits per heavy atom. The van der Waals surface area contributed by atoms with Crippen LogP contribution in [0.25, 0.3) is 0 Å². The third-order valence-electron chi connectivity index (χ3n) is 4.37. The molecule has 2 aromatic rings. The summed E-state index contributed by atoms with van der Waals surface area (Å²) < 4.78 is 1.23. The Morgan fingerprint density at radius 2 is 2.14 bits per heavy atom. The van der Waals surface area contributed by atoms with Gasteiger partial charge < -0.3 is 5.32 Å². The van der Waals surface area contributed by atoms with Gasteiger partial charge in [0, 0.05) is 16.8 Å². The van der Waals surface area contributed by atoms with Crippen molar-refractivity contribution in [3.63, 3.8) is 0 Å². The predicted molar refractivity (Wildman–Crippen MR) is 95.3 cm³/mol. The lowest BCUT2D eigenvalue weighted by molar-refractivity contribution is 0.427. The molecule has 1 aliphatic rings. The van der Waals surface area contributed by atoms with Crippen LogP contribution >= 0.6 is 27.3 Å². The highest BCUT2D eigenvalue weighted by molar-refractivity contribution is 9.11. The van der Waals surface area contributed by atoms with E-state index in [1.807, 2.05) is 11.3 Å². The van der Waals surface area contributed by atoms with Crippen molar-refractivity contribution < 1.29 is 0 Å². The second-order valence-electron chi connectivity index (χ2n) is 5.81. The summed E-state index contributed by atoms with van der Waals surface area (Å²) in [6.07, 6.45) is 4.85. The SMILES string of the molecule is CCCNC(Cc1ccc(Br)s1)C1CCc2ccccc21. The van der Waals surface area contributed by atoms with Gasteiger partial charge in [-0.15, -0.1) is 11.3 Å². The van der Waals surface area contributed by atoms with E-state index >= 15 is 0 Å². The highest BCUT2D eigenvalue weighted by Crippen LogP contribution is 2.37. The van der Waals surface area contributed by atoms with E-state index in [9.17, 15) is 0 Å². The molecule has 1 aromatic heterocycles. The zero-order valence-electron chi connectivity index (χ0n) is 12.4. The minimum absolute atomic E-state index is 0.555. The molecule has 1 nitrogen and oxygen atoms in total. The van der Waals surface area contributed by atoms with Crippen LogP contribution in [0.3, 0.4) is 0 Å². The highest BCUT2D eigenvalue weighted by atomic mass is 79.9. The van der Waals surface area contributed by atoms with Gasteiger partial charge in [-0.2, -0.15) is 0 Å². The molecular formula is C18H22BrNS. The first-order valence-corrected chi connectivity index (χ1v) is 9.44. The van der Waals surface area contributed by atoms with Crippen LogP contribution < -0.4 is 5.32 Å². The third-order valence-corrected chi connectivity index (χ3v) is 6.02. The number of nitrogens with one attached hydrogen (secondary N) is 1. The first kappa shape index (κ1) is 15.3. The maximum atomic E-state index is 3.80. The number of halogens is 1. The van der Waals surface area contributed by atoms with E-state index in [0.717, 1.165) is 13.0 Å². The summed E-state index contributed by atoms with van der Waals surface area (Å²) in [7, 11) is 0. The zero-order valence-corrected chi connectivity index (χ0v) is 14.8. The average Bonchev–Trinajstić information content (AvgIpc) is 3.09. The Bertz CT molecular complexity index is 592. The Balaban J connectivity index is 1.79. The van der Waals surface area contributed by atoms with Crippen molar-refractivity contribution in [1.82, 2.24) is 5.32 Å². The minimum Gasteiger partial charge on any atom is -0.313 e. The molecule has 0 aliphatic heterocycles. The fraction of sp³-hybridized carbons (Fsp3) is 0.444. The quantitative estimate of drug-likeness (QED) is 0.747. The molecule has 0 spiro atoms. The van der Waals surface area contributed by atoms with Crippen LogP contribution in [0.1, 0.15) is 41.7 Å². The summed E-state index contributed by atoms with van der Waals surface area (Å²) in [6, 6.07) is 14.0. The zero-order chi connectivity index (χ0) is 14.7.